The largest absolute Gasteiger partial charge is 0.383 e. The highest BCUT2D eigenvalue weighted by molar-refractivity contribution is 5.52. The predicted octanol–water partition coefficient (Wildman–Crippen LogP) is 0.851. The number of hydrogen-bond acceptors (Lipinski definition) is 4. The first-order valence-electron chi connectivity index (χ1n) is 5.50. The van der Waals surface area contributed by atoms with Crippen LogP contribution in [0, 0.1) is 11.3 Å². The minimum Gasteiger partial charge on any atom is -0.383 e. The van der Waals surface area contributed by atoms with Crippen molar-refractivity contribution in [1.82, 2.24) is 14.7 Å². The molecule has 88 valence electrons. The third-order valence-corrected chi connectivity index (χ3v) is 2.42. The number of aryl methyl sites for hydroxylation is 1. The summed E-state index contributed by atoms with van der Waals surface area (Å²) in [5.41, 5.74) is 7.25. The quantitative estimate of drug-likeness (QED) is 0.800. The normalized spacial score (nSPS) is 10.7. The van der Waals surface area contributed by atoms with Crippen molar-refractivity contribution in [3.05, 3.63) is 11.3 Å². The number of aromatic nitrogens is 2. The Bertz CT molecular complexity index is 386. The number of rotatable bonds is 5. The summed E-state index contributed by atoms with van der Waals surface area (Å²) in [7, 11) is 4.00. The van der Waals surface area contributed by atoms with E-state index in [1.807, 2.05) is 14.1 Å². The summed E-state index contributed by atoms with van der Waals surface area (Å²) in [4.78, 5) is 2.06. The van der Waals surface area contributed by atoms with Crippen LogP contribution in [0.5, 0.6) is 0 Å². The van der Waals surface area contributed by atoms with E-state index in [0.717, 1.165) is 31.6 Å². The van der Waals surface area contributed by atoms with Crippen LogP contribution in [-0.4, -0.2) is 35.3 Å². The average molecular weight is 221 g/mol. The zero-order chi connectivity index (χ0) is 12.1. The lowest BCUT2D eigenvalue weighted by molar-refractivity contribution is 0.374. The van der Waals surface area contributed by atoms with Gasteiger partial charge in [-0.2, -0.15) is 10.4 Å². The Morgan fingerprint density at radius 1 is 1.50 bits per heavy atom. The molecule has 0 aliphatic rings. The number of anilines is 1. The molecular formula is C11H19N5. The molecule has 0 radical (unpaired) electrons. The zero-order valence-corrected chi connectivity index (χ0v) is 10.2. The van der Waals surface area contributed by atoms with Crippen molar-refractivity contribution in [2.75, 3.05) is 26.4 Å². The smallest absolute Gasteiger partial charge is 0.140 e. The number of nitrogens with zero attached hydrogens (tertiary/aromatic N) is 4. The van der Waals surface area contributed by atoms with Gasteiger partial charge in [0, 0.05) is 6.54 Å². The molecule has 0 fully saturated rings. The minimum atomic E-state index is 0.493. The SMILES string of the molecule is CCCc1nn(CCN(C)C)c(N)c1C#N. The monoisotopic (exact) mass is 221 g/mol. The van der Waals surface area contributed by atoms with Gasteiger partial charge in [0.15, 0.2) is 0 Å². The molecule has 0 aromatic carbocycles. The first kappa shape index (κ1) is 12.5. The Hall–Kier alpha value is -1.54. The molecule has 5 nitrogen and oxygen atoms in total. The number of nitriles is 1. The molecule has 1 aromatic rings. The van der Waals surface area contributed by atoms with E-state index in [4.69, 9.17) is 11.0 Å². The van der Waals surface area contributed by atoms with Gasteiger partial charge in [0.1, 0.15) is 17.5 Å². The molecule has 1 rings (SSSR count). The van der Waals surface area contributed by atoms with E-state index in [-0.39, 0.29) is 0 Å². The van der Waals surface area contributed by atoms with Crippen molar-refractivity contribution in [3.8, 4) is 6.07 Å². The fourth-order valence-electron chi connectivity index (χ4n) is 1.53. The van der Waals surface area contributed by atoms with Gasteiger partial charge >= 0.3 is 0 Å². The maximum atomic E-state index is 9.02. The van der Waals surface area contributed by atoms with E-state index in [2.05, 4.69) is 23.0 Å². The van der Waals surface area contributed by atoms with E-state index < -0.39 is 0 Å². The van der Waals surface area contributed by atoms with Gasteiger partial charge in [-0.3, -0.25) is 0 Å². The predicted molar refractivity (Wildman–Crippen MR) is 63.9 cm³/mol. The highest BCUT2D eigenvalue weighted by Gasteiger charge is 2.14. The zero-order valence-electron chi connectivity index (χ0n) is 10.2. The van der Waals surface area contributed by atoms with Crippen LogP contribution in [-0.2, 0) is 13.0 Å². The Balaban J connectivity index is 2.90. The summed E-state index contributed by atoms with van der Waals surface area (Å²) < 4.78 is 1.73. The van der Waals surface area contributed by atoms with Crippen LogP contribution in [0.3, 0.4) is 0 Å². The first-order chi connectivity index (χ1) is 7.60. The van der Waals surface area contributed by atoms with E-state index >= 15 is 0 Å². The summed E-state index contributed by atoms with van der Waals surface area (Å²) >= 11 is 0. The van der Waals surface area contributed by atoms with Crippen molar-refractivity contribution in [2.24, 2.45) is 0 Å². The van der Waals surface area contributed by atoms with Crippen molar-refractivity contribution in [3.63, 3.8) is 0 Å². The first-order valence-corrected chi connectivity index (χ1v) is 5.50. The second-order valence-electron chi connectivity index (χ2n) is 4.10. The number of nitrogens with two attached hydrogens (primary N) is 1. The van der Waals surface area contributed by atoms with Crippen molar-refractivity contribution in [2.45, 2.75) is 26.3 Å². The number of likely N-dealkylation sites (N-methyl/N-ethyl adjacent to an activating group) is 1. The van der Waals surface area contributed by atoms with Crippen LogP contribution in [0.15, 0.2) is 0 Å². The molecule has 0 unspecified atom stereocenters. The highest BCUT2D eigenvalue weighted by atomic mass is 15.3. The minimum absolute atomic E-state index is 0.493. The highest BCUT2D eigenvalue weighted by Crippen LogP contribution is 2.17. The third kappa shape index (κ3) is 2.74. The molecule has 1 heterocycles. The molecule has 0 atom stereocenters. The fourth-order valence-corrected chi connectivity index (χ4v) is 1.53. The van der Waals surface area contributed by atoms with E-state index in [0.29, 0.717) is 11.4 Å². The van der Waals surface area contributed by atoms with Gasteiger partial charge in [0.2, 0.25) is 0 Å². The van der Waals surface area contributed by atoms with Crippen molar-refractivity contribution < 1.29 is 0 Å². The Morgan fingerprint density at radius 2 is 2.19 bits per heavy atom. The Morgan fingerprint density at radius 3 is 2.69 bits per heavy atom. The van der Waals surface area contributed by atoms with Gasteiger partial charge in [0.05, 0.1) is 12.2 Å². The molecule has 0 aliphatic heterocycles. The maximum Gasteiger partial charge on any atom is 0.140 e. The van der Waals surface area contributed by atoms with Crippen LogP contribution >= 0.6 is 0 Å². The molecule has 1 aromatic heterocycles. The summed E-state index contributed by atoms with van der Waals surface area (Å²) in [6, 6.07) is 2.13. The molecule has 2 N–H and O–H groups in total. The number of hydrogen-bond donors (Lipinski definition) is 1. The number of nitrogen functional groups attached to an aromatic ring is 1. The molecule has 5 heteroatoms. The lowest BCUT2D eigenvalue weighted by atomic mass is 10.2. The molecule has 0 amide bonds. The third-order valence-electron chi connectivity index (χ3n) is 2.42. The van der Waals surface area contributed by atoms with Gasteiger partial charge in [-0.05, 0) is 20.5 Å². The summed E-state index contributed by atoms with van der Waals surface area (Å²) in [6.45, 7) is 3.65. The van der Waals surface area contributed by atoms with Crippen LogP contribution < -0.4 is 5.73 Å². The van der Waals surface area contributed by atoms with Gasteiger partial charge < -0.3 is 10.6 Å². The molecule has 0 saturated heterocycles. The van der Waals surface area contributed by atoms with Crippen LogP contribution in [0.1, 0.15) is 24.6 Å². The van der Waals surface area contributed by atoms with E-state index in [9.17, 15) is 0 Å². The van der Waals surface area contributed by atoms with E-state index in [1.54, 1.807) is 4.68 Å². The van der Waals surface area contributed by atoms with Crippen molar-refractivity contribution >= 4 is 5.82 Å². The summed E-state index contributed by atoms with van der Waals surface area (Å²) in [5.74, 6) is 0.493. The second kappa shape index (κ2) is 5.52. The molecule has 0 saturated carbocycles. The average Bonchev–Trinajstić information content (AvgIpc) is 2.52. The molecule has 16 heavy (non-hydrogen) atoms. The summed E-state index contributed by atoms with van der Waals surface area (Å²) in [5, 5.41) is 13.4. The van der Waals surface area contributed by atoms with Crippen LogP contribution in [0.2, 0.25) is 0 Å². The lowest BCUT2D eigenvalue weighted by Gasteiger charge is -2.09. The van der Waals surface area contributed by atoms with Gasteiger partial charge in [-0.25, -0.2) is 4.68 Å². The molecule has 0 bridgehead atoms. The van der Waals surface area contributed by atoms with Gasteiger partial charge in [-0.1, -0.05) is 13.3 Å². The topological polar surface area (TPSA) is 70.9 Å². The standard InChI is InChI=1S/C11H19N5/c1-4-5-10-9(8-12)11(13)16(14-10)7-6-15(2)3/h4-7,13H2,1-3H3. The van der Waals surface area contributed by atoms with Gasteiger partial charge in [0.25, 0.3) is 0 Å². The van der Waals surface area contributed by atoms with Crippen LogP contribution in [0.25, 0.3) is 0 Å². The second-order valence-corrected chi connectivity index (χ2v) is 4.10. The molecular weight excluding hydrogens is 202 g/mol. The fraction of sp³-hybridized carbons (Fsp3) is 0.636. The van der Waals surface area contributed by atoms with Gasteiger partial charge in [-0.15, -0.1) is 0 Å². The van der Waals surface area contributed by atoms with E-state index in [1.165, 1.54) is 0 Å². The van der Waals surface area contributed by atoms with Crippen LogP contribution in [0.4, 0.5) is 5.82 Å². The molecule has 0 spiro atoms. The van der Waals surface area contributed by atoms with Crippen molar-refractivity contribution in [1.29, 1.82) is 5.26 Å². The Kier molecular flexibility index (Phi) is 4.32. The summed E-state index contributed by atoms with van der Waals surface area (Å²) in [6.07, 6.45) is 1.78. The lowest BCUT2D eigenvalue weighted by Crippen LogP contribution is -2.20. The molecule has 0 aliphatic carbocycles. The Labute approximate surface area is 96.5 Å². The maximum absolute atomic E-state index is 9.02.